The maximum atomic E-state index is 9.83. The van der Waals surface area contributed by atoms with Gasteiger partial charge in [-0.05, 0) is 58.3 Å². The lowest BCUT2D eigenvalue weighted by atomic mass is 9.79. The number of aliphatic hydroxyl groups is 1. The molecule has 16 heavy (non-hydrogen) atoms. The summed E-state index contributed by atoms with van der Waals surface area (Å²) in [6.07, 6.45) is 11.0. The molecule has 0 aliphatic heterocycles. The van der Waals surface area contributed by atoms with Gasteiger partial charge < -0.3 is 5.11 Å². The summed E-state index contributed by atoms with van der Waals surface area (Å²) in [5, 5.41) is 9.83. The zero-order valence-electron chi connectivity index (χ0n) is 11.2. The van der Waals surface area contributed by atoms with Gasteiger partial charge in [0.2, 0.25) is 0 Å². The van der Waals surface area contributed by atoms with Gasteiger partial charge in [0.1, 0.15) is 0 Å². The largest absolute Gasteiger partial charge is 0.386 e. The predicted octanol–water partition coefficient (Wildman–Crippen LogP) is 4.09. The van der Waals surface area contributed by atoms with Crippen LogP contribution in [0.4, 0.5) is 0 Å². The molecule has 92 valence electrons. The smallest absolute Gasteiger partial charge is 0.0800 e. The van der Waals surface area contributed by atoms with Crippen LogP contribution in [0.5, 0.6) is 0 Å². The quantitative estimate of drug-likeness (QED) is 0.710. The Balaban J connectivity index is 2.39. The fourth-order valence-electron chi connectivity index (χ4n) is 2.29. The van der Waals surface area contributed by atoms with Crippen LogP contribution >= 0.6 is 0 Å². The summed E-state index contributed by atoms with van der Waals surface area (Å²) < 4.78 is 0. The molecule has 1 heteroatoms. The lowest BCUT2D eigenvalue weighted by molar-refractivity contribution is 0.0833. The van der Waals surface area contributed by atoms with E-state index in [4.69, 9.17) is 0 Å². The van der Waals surface area contributed by atoms with Gasteiger partial charge in [0.25, 0.3) is 0 Å². The number of rotatable bonds is 4. The van der Waals surface area contributed by atoms with Gasteiger partial charge in [0.15, 0.2) is 0 Å². The number of hydrogen-bond donors (Lipinski definition) is 1. The molecule has 0 saturated heterocycles. The SMILES string of the molecule is CC(C)=CCC[C@H](C)C1C=CC(C)(O)CC1. The van der Waals surface area contributed by atoms with E-state index in [9.17, 15) is 5.11 Å². The Hall–Kier alpha value is -0.560. The summed E-state index contributed by atoms with van der Waals surface area (Å²) in [4.78, 5) is 0. The molecule has 0 radical (unpaired) electrons. The van der Waals surface area contributed by atoms with Crippen molar-refractivity contribution in [3.05, 3.63) is 23.8 Å². The lowest BCUT2D eigenvalue weighted by Gasteiger charge is -2.30. The molecule has 1 aliphatic carbocycles. The highest BCUT2D eigenvalue weighted by Gasteiger charge is 2.25. The highest BCUT2D eigenvalue weighted by atomic mass is 16.3. The summed E-state index contributed by atoms with van der Waals surface area (Å²) in [7, 11) is 0. The zero-order valence-corrected chi connectivity index (χ0v) is 11.2. The van der Waals surface area contributed by atoms with Crippen LogP contribution in [0.1, 0.15) is 53.4 Å². The molecule has 2 unspecified atom stereocenters. The van der Waals surface area contributed by atoms with E-state index in [1.54, 1.807) is 0 Å². The predicted molar refractivity (Wildman–Crippen MR) is 70.3 cm³/mol. The molecule has 0 heterocycles. The minimum absolute atomic E-state index is 0.559. The van der Waals surface area contributed by atoms with Crippen molar-refractivity contribution < 1.29 is 5.11 Å². The van der Waals surface area contributed by atoms with Crippen LogP contribution in [0.25, 0.3) is 0 Å². The Bertz CT molecular complexity index is 269. The van der Waals surface area contributed by atoms with Gasteiger partial charge in [0, 0.05) is 0 Å². The van der Waals surface area contributed by atoms with Crippen LogP contribution in [0.15, 0.2) is 23.8 Å². The molecule has 1 nitrogen and oxygen atoms in total. The van der Waals surface area contributed by atoms with Gasteiger partial charge in [-0.15, -0.1) is 0 Å². The maximum Gasteiger partial charge on any atom is 0.0800 e. The first kappa shape index (κ1) is 13.5. The first-order chi connectivity index (χ1) is 7.41. The minimum Gasteiger partial charge on any atom is -0.386 e. The average molecular weight is 222 g/mol. The molecular formula is C15H26O. The van der Waals surface area contributed by atoms with Gasteiger partial charge in [-0.25, -0.2) is 0 Å². The summed E-state index contributed by atoms with van der Waals surface area (Å²) in [5.41, 5.74) is 0.852. The van der Waals surface area contributed by atoms with Gasteiger partial charge in [-0.1, -0.05) is 30.7 Å². The normalized spacial score (nSPS) is 31.2. The second-order valence-electron chi connectivity index (χ2n) is 5.75. The molecule has 0 saturated carbocycles. The van der Waals surface area contributed by atoms with Crippen molar-refractivity contribution >= 4 is 0 Å². The van der Waals surface area contributed by atoms with Crippen molar-refractivity contribution in [2.75, 3.05) is 0 Å². The Morgan fingerprint density at radius 2 is 2.25 bits per heavy atom. The van der Waals surface area contributed by atoms with E-state index in [1.165, 1.54) is 18.4 Å². The monoisotopic (exact) mass is 222 g/mol. The highest BCUT2D eigenvalue weighted by molar-refractivity contribution is 5.06. The molecule has 1 aliphatic rings. The standard InChI is InChI=1S/C15H26O/c1-12(2)6-5-7-13(3)14-8-10-15(4,16)11-9-14/h6,8,10,13-14,16H,5,7,9,11H2,1-4H3/t13-,14?,15?/m0/s1. The van der Waals surface area contributed by atoms with Crippen molar-refractivity contribution in [1.82, 2.24) is 0 Å². The topological polar surface area (TPSA) is 20.2 Å². The Labute approximate surface area is 100 Å². The van der Waals surface area contributed by atoms with E-state index in [1.807, 2.05) is 13.0 Å². The zero-order chi connectivity index (χ0) is 12.2. The Morgan fingerprint density at radius 3 is 2.75 bits per heavy atom. The highest BCUT2D eigenvalue weighted by Crippen LogP contribution is 2.31. The first-order valence-corrected chi connectivity index (χ1v) is 6.46. The van der Waals surface area contributed by atoms with E-state index in [0.717, 1.165) is 18.8 Å². The molecule has 0 aromatic carbocycles. The number of hydrogen-bond acceptors (Lipinski definition) is 1. The minimum atomic E-state index is -0.559. The van der Waals surface area contributed by atoms with E-state index in [0.29, 0.717) is 5.92 Å². The fraction of sp³-hybridized carbons (Fsp3) is 0.733. The van der Waals surface area contributed by atoms with Gasteiger partial charge in [-0.3, -0.25) is 0 Å². The van der Waals surface area contributed by atoms with Crippen molar-refractivity contribution in [2.45, 2.75) is 59.0 Å². The molecule has 0 bridgehead atoms. The summed E-state index contributed by atoms with van der Waals surface area (Å²) in [6.45, 7) is 8.53. The third-order valence-corrected chi connectivity index (χ3v) is 3.59. The van der Waals surface area contributed by atoms with Gasteiger partial charge in [0.05, 0.1) is 5.60 Å². The summed E-state index contributed by atoms with van der Waals surface area (Å²) >= 11 is 0. The first-order valence-electron chi connectivity index (χ1n) is 6.46. The molecule has 3 atom stereocenters. The van der Waals surface area contributed by atoms with Crippen LogP contribution < -0.4 is 0 Å². The molecular weight excluding hydrogens is 196 g/mol. The molecule has 1 N–H and O–H groups in total. The second-order valence-corrected chi connectivity index (χ2v) is 5.75. The summed E-state index contributed by atoms with van der Waals surface area (Å²) in [5.74, 6) is 1.38. The van der Waals surface area contributed by atoms with Crippen LogP contribution in [-0.2, 0) is 0 Å². The Morgan fingerprint density at radius 1 is 1.56 bits per heavy atom. The van der Waals surface area contributed by atoms with E-state index >= 15 is 0 Å². The van der Waals surface area contributed by atoms with Crippen LogP contribution in [-0.4, -0.2) is 10.7 Å². The van der Waals surface area contributed by atoms with Crippen molar-refractivity contribution in [3.8, 4) is 0 Å². The van der Waals surface area contributed by atoms with E-state index < -0.39 is 5.60 Å². The van der Waals surface area contributed by atoms with Crippen LogP contribution in [0, 0.1) is 11.8 Å². The fourth-order valence-corrected chi connectivity index (χ4v) is 2.29. The van der Waals surface area contributed by atoms with E-state index in [-0.39, 0.29) is 0 Å². The molecule has 0 aromatic heterocycles. The van der Waals surface area contributed by atoms with E-state index in [2.05, 4.69) is 32.9 Å². The molecule has 0 amide bonds. The molecule has 0 fully saturated rings. The molecule has 1 rings (SSSR count). The van der Waals surface area contributed by atoms with Crippen LogP contribution in [0.3, 0.4) is 0 Å². The second kappa shape index (κ2) is 5.67. The molecule has 0 aromatic rings. The molecule has 0 spiro atoms. The maximum absolute atomic E-state index is 9.83. The third-order valence-electron chi connectivity index (χ3n) is 3.59. The van der Waals surface area contributed by atoms with Crippen molar-refractivity contribution in [2.24, 2.45) is 11.8 Å². The van der Waals surface area contributed by atoms with Gasteiger partial charge in [-0.2, -0.15) is 0 Å². The third kappa shape index (κ3) is 4.52. The average Bonchev–Trinajstić information content (AvgIpc) is 2.16. The van der Waals surface area contributed by atoms with Crippen molar-refractivity contribution in [3.63, 3.8) is 0 Å². The summed E-state index contributed by atoms with van der Waals surface area (Å²) in [6, 6.07) is 0. The van der Waals surface area contributed by atoms with Crippen molar-refractivity contribution in [1.29, 1.82) is 0 Å². The van der Waals surface area contributed by atoms with Gasteiger partial charge >= 0.3 is 0 Å². The van der Waals surface area contributed by atoms with Crippen LogP contribution in [0.2, 0.25) is 0 Å². The lowest BCUT2D eigenvalue weighted by Crippen LogP contribution is -2.27. The Kier molecular flexibility index (Phi) is 4.79. The number of allylic oxidation sites excluding steroid dienone is 3.